The molecule has 0 aliphatic carbocycles. The second-order valence-electron chi connectivity index (χ2n) is 7.91. The topological polar surface area (TPSA) is 100 Å². The Morgan fingerprint density at radius 3 is 2.81 bits per heavy atom. The summed E-state index contributed by atoms with van der Waals surface area (Å²) in [5, 5.41) is 14.2. The molecule has 1 aliphatic rings. The zero-order chi connectivity index (χ0) is 22.8. The minimum absolute atomic E-state index is 0.0792. The van der Waals surface area contributed by atoms with Gasteiger partial charge in [0.2, 0.25) is 5.88 Å². The fraction of sp³-hybridized carbons (Fsp3) is 0.478. The molecular formula is C23H32N6O3. The highest BCUT2D eigenvalue weighted by molar-refractivity contribution is 5.74. The minimum Gasteiger partial charge on any atom is -0.476 e. The average molecular weight is 441 g/mol. The number of carbonyl (C=O) groups excluding carboxylic acids is 1. The number of carbonyl (C=O) groups is 1. The summed E-state index contributed by atoms with van der Waals surface area (Å²) in [4.78, 5) is 18.4. The zero-order valence-electron chi connectivity index (χ0n) is 19.0. The Kier molecular flexibility index (Phi) is 8.79. The van der Waals surface area contributed by atoms with Gasteiger partial charge in [-0.1, -0.05) is 29.8 Å². The SMILES string of the molecule is Cc1cccc(CN=Nc2cc(N3CCOCC3)cc(OCCNC(=O)NC(C)C)n2)c1. The van der Waals surface area contributed by atoms with Crippen LogP contribution in [0.1, 0.15) is 25.0 Å². The molecule has 9 nitrogen and oxygen atoms in total. The van der Waals surface area contributed by atoms with Crippen LogP contribution in [0.4, 0.5) is 16.3 Å². The van der Waals surface area contributed by atoms with E-state index < -0.39 is 0 Å². The van der Waals surface area contributed by atoms with Crippen LogP contribution in [0, 0.1) is 6.92 Å². The van der Waals surface area contributed by atoms with Gasteiger partial charge in [0.05, 0.1) is 26.3 Å². The molecule has 1 fully saturated rings. The Hall–Kier alpha value is -3.20. The molecule has 1 aromatic carbocycles. The summed E-state index contributed by atoms with van der Waals surface area (Å²) >= 11 is 0. The third-order valence-electron chi connectivity index (χ3n) is 4.72. The number of rotatable bonds is 9. The van der Waals surface area contributed by atoms with E-state index in [1.807, 2.05) is 38.1 Å². The lowest BCUT2D eigenvalue weighted by atomic mass is 10.1. The van der Waals surface area contributed by atoms with E-state index in [1.54, 1.807) is 0 Å². The maximum atomic E-state index is 11.7. The van der Waals surface area contributed by atoms with E-state index in [1.165, 1.54) is 5.56 Å². The number of azo groups is 1. The Labute approximate surface area is 189 Å². The van der Waals surface area contributed by atoms with Gasteiger partial charge in [0.25, 0.3) is 0 Å². The van der Waals surface area contributed by atoms with Crippen molar-refractivity contribution >= 4 is 17.5 Å². The van der Waals surface area contributed by atoms with Gasteiger partial charge in [-0.15, -0.1) is 5.11 Å². The van der Waals surface area contributed by atoms with Crippen LogP contribution >= 0.6 is 0 Å². The molecule has 0 radical (unpaired) electrons. The molecule has 2 N–H and O–H groups in total. The van der Waals surface area contributed by atoms with E-state index >= 15 is 0 Å². The van der Waals surface area contributed by atoms with Crippen molar-refractivity contribution in [2.24, 2.45) is 10.2 Å². The normalized spacial score (nSPS) is 14.1. The van der Waals surface area contributed by atoms with Crippen molar-refractivity contribution in [3.63, 3.8) is 0 Å². The summed E-state index contributed by atoms with van der Waals surface area (Å²) in [7, 11) is 0. The predicted molar refractivity (Wildman–Crippen MR) is 124 cm³/mol. The number of aryl methyl sites for hydroxylation is 1. The molecule has 0 saturated carbocycles. The van der Waals surface area contributed by atoms with Crippen molar-refractivity contribution in [2.45, 2.75) is 33.4 Å². The first-order chi connectivity index (χ1) is 15.5. The molecule has 0 unspecified atom stereocenters. The lowest BCUT2D eigenvalue weighted by Gasteiger charge is -2.29. The second kappa shape index (κ2) is 12.0. The number of hydrogen-bond donors (Lipinski definition) is 2. The largest absolute Gasteiger partial charge is 0.476 e. The number of anilines is 1. The molecule has 0 spiro atoms. The summed E-state index contributed by atoms with van der Waals surface area (Å²) in [6.45, 7) is 9.96. The highest BCUT2D eigenvalue weighted by Gasteiger charge is 2.14. The zero-order valence-corrected chi connectivity index (χ0v) is 19.0. The highest BCUT2D eigenvalue weighted by Crippen LogP contribution is 2.26. The number of ether oxygens (including phenoxy) is 2. The van der Waals surface area contributed by atoms with E-state index in [0.717, 1.165) is 24.3 Å². The van der Waals surface area contributed by atoms with Crippen LogP contribution in [0.3, 0.4) is 0 Å². The molecule has 2 heterocycles. The predicted octanol–water partition coefficient (Wildman–Crippen LogP) is 3.60. The maximum absolute atomic E-state index is 11.7. The molecule has 0 atom stereocenters. The quantitative estimate of drug-likeness (QED) is 0.458. The lowest BCUT2D eigenvalue weighted by Crippen LogP contribution is -2.41. The number of amides is 2. The summed E-state index contributed by atoms with van der Waals surface area (Å²) in [5.41, 5.74) is 3.25. The Morgan fingerprint density at radius 1 is 1.25 bits per heavy atom. The summed E-state index contributed by atoms with van der Waals surface area (Å²) < 4.78 is 11.3. The van der Waals surface area contributed by atoms with Crippen molar-refractivity contribution in [3.05, 3.63) is 47.5 Å². The van der Waals surface area contributed by atoms with E-state index in [9.17, 15) is 4.79 Å². The molecular weight excluding hydrogens is 408 g/mol. The number of aromatic nitrogens is 1. The smallest absolute Gasteiger partial charge is 0.315 e. The van der Waals surface area contributed by atoms with Crippen LogP contribution in [0.15, 0.2) is 46.6 Å². The average Bonchev–Trinajstić information content (AvgIpc) is 2.77. The van der Waals surface area contributed by atoms with Crippen molar-refractivity contribution < 1.29 is 14.3 Å². The summed E-state index contributed by atoms with van der Waals surface area (Å²) in [6.07, 6.45) is 0. The van der Waals surface area contributed by atoms with E-state index in [-0.39, 0.29) is 12.1 Å². The van der Waals surface area contributed by atoms with Crippen molar-refractivity contribution in [3.8, 4) is 5.88 Å². The van der Waals surface area contributed by atoms with Gasteiger partial charge in [-0.25, -0.2) is 4.79 Å². The van der Waals surface area contributed by atoms with Crippen molar-refractivity contribution in [1.82, 2.24) is 15.6 Å². The van der Waals surface area contributed by atoms with Crippen LogP contribution in [0.2, 0.25) is 0 Å². The van der Waals surface area contributed by atoms with Gasteiger partial charge in [-0.2, -0.15) is 10.1 Å². The first-order valence-corrected chi connectivity index (χ1v) is 10.9. The summed E-state index contributed by atoms with van der Waals surface area (Å²) in [6, 6.07) is 11.8. The number of urea groups is 1. The molecule has 172 valence electrons. The van der Waals surface area contributed by atoms with Crippen LogP contribution < -0.4 is 20.3 Å². The van der Waals surface area contributed by atoms with E-state index in [4.69, 9.17) is 9.47 Å². The number of nitrogens with one attached hydrogen (secondary N) is 2. The summed E-state index contributed by atoms with van der Waals surface area (Å²) in [5.74, 6) is 0.937. The monoisotopic (exact) mass is 440 g/mol. The van der Waals surface area contributed by atoms with Crippen LogP contribution in [0.25, 0.3) is 0 Å². The first-order valence-electron chi connectivity index (χ1n) is 10.9. The third kappa shape index (κ3) is 7.81. The van der Waals surface area contributed by atoms with Crippen LogP contribution in [0.5, 0.6) is 5.88 Å². The molecule has 1 aliphatic heterocycles. The number of nitrogens with zero attached hydrogens (tertiary/aromatic N) is 4. The maximum Gasteiger partial charge on any atom is 0.315 e. The fourth-order valence-electron chi connectivity index (χ4n) is 3.24. The van der Waals surface area contributed by atoms with Gasteiger partial charge in [0.15, 0.2) is 5.82 Å². The van der Waals surface area contributed by atoms with Crippen molar-refractivity contribution in [1.29, 1.82) is 0 Å². The van der Waals surface area contributed by atoms with E-state index in [2.05, 4.69) is 49.8 Å². The number of pyridine rings is 1. The number of hydrogen-bond acceptors (Lipinski definition) is 7. The molecule has 1 saturated heterocycles. The second-order valence-corrected chi connectivity index (χ2v) is 7.91. The van der Waals surface area contributed by atoms with Gasteiger partial charge >= 0.3 is 6.03 Å². The standard InChI is InChI=1S/C23H32N6O3/c1-17(2)26-23(30)24-7-10-32-22-15-20(29-8-11-31-12-9-29)14-21(27-22)28-25-16-19-6-4-5-18(3)13-19/h4-6,13-15,17H,7-12,16H2,1-3H3,(H2,24,26,30). The third-order valence-corrected chi connectivity index (χ3v) is 4.72. The highest BCUT2D eigenvalue weighted by atomic mass is 16.5. The number of morpholine rings is 1. The molecule has 32 heavy (non-hydrogen) atoms. The Morgan fingerprint density at radius 2 is 2.06 bits per heavy atom. The molecule has 9 heteroatoms. The van der Waals surface area contributed by atoms with Gasteiger partial charge in [-0.3, -0.25) is 0 Å². The Balaban J connectivity index is 1.65. The lowest BCUT2D eigenvalue weighted by molar-refractivity contribution is 0.122. The molecule has 0 bridgehead atoms. The molecule has 3 rings (SSSR count). The van der Waals surface area contributed by atoms with Crippen LogP contribution in [-0.2, 0) is 11.3 Å². The molecule has 1 aromatic heterocycles. The molecule has 2 amide bonds. The van der Waals surface area contributed by atoms with Crippen molar-refractivity contribution in [2.75, 3.05) is 44.4 Å². The van der Waals surface area contributed by atoms with Gasteiger partial charge in [0, 0.05) is 37.0 Å². The number of benzene rings is 1. The van der Waals surface area contributed by atoms with Crippen LogP contribution in [-0.4, -0.2) is 56.5 Å². The Bertz CT molecular complexity index is 912. The minimum atomic E-state index is -0.218. The fourth-order valence-corrected chi connectivity index (χ4v) is 3.24. The van der Waals surface area contributed by atoms with Gasteiger partial charge in [0.1, 0.15) is 6.61 Å². The molecule has 2 aromatic rings. The first kappa shape index (κ1) is 23.5. The van der Waals surface area contributed by atoms with Gasteiger partial charge in [-0.05, 0) is 26.3 Å². The van der Waals surface area contributed by atoms with Gasteiger partial charge < -0.3 is 25.0 Å². The van der Waals surface area contributed by atoms with E-state index in [0.29, 0.717) is 44.6 Å².